The normalized spacial score (nSPS) is 18.3. The molecule has 1 heterocycles. The standard InChI is InChI=1S/C19H18ClN5O3/c1-22-17(27)15-19(18(21)28,24-10-23-15)11-6-8-12(9-7-11)25-16(26)13-4-2-3-5-14(13)20/h2-9,24H,10H2,1H3,(H2,21,28)(H,22,27)(H,25,26). The maximum absolute atomic E-state index is 12.4. The van der Waals surface area contributed by atoms with Gasteiger partial charge in [0.15, 0.2) is 5.54 Å². The molecular formula is C19H18ClN5O3. The van der Waals surface area contributed by atoms with Crippen LogP contribution in [0.25, 0.3) is 0 Å². The molecule has 1 atom stereocenters. The van der Waals surface area contributed by atoms with Crippen molar-refractivity contribution in [3.8, 4) is 0 Å². The topological polar surface area (TPSA) is 126 Å². The van der Waals surface area contributed by atoms with Gasteiger partial charge in [0.1, 0.15) is 5.71 Å². The summed E-state index contributed by atoms with van der Waals surface area (Å²) in [5, 5.41) is 8.43. The Morgan fingerprint density at radius 2 is 1.79 bits per heavy atom. The van der Waals surface area contributed by atoms with Crippen molar-refractivity contribution >= 4 is 40.7 Å². The molecular weight excluding hydrogens is 382 g/mol. The number of rotatable bonds is 5. The molecule has 1 unspecified atom stereocenters. The minimum Gasteiger partial charge on any atom is -0.367 e. The van der Waals surface area contributed by atoms with Gasteiger partial charge < -0.3 is 16.4 Å². The van der Waals surface area contributed by atoms with Gasteiger partial charge in [-0.25, -0.2) is 0 Å². The van der Waals surface area contributed by atoms with E-state index in [1.54, 1.807) is 48.5 Å². The number of aliphatic imine (C=N–C) groups is 1. The van der Waals surface area contributed by atoms with Crippen LogP contribution in [0.2, 0.25) is 5.02 Å². The van der Waals surface area contributed by atoms with Crippen LogP contribution in [0.3, 0.4) is 0 Å². The zero-order chi connectivity index (χ0) is 20.3. The number of nitrogens with zero attached hydrogens (tertiary/aromatic N) is 1. The number of halogens is 1. The molecule has 9 heteroatoms. The molecule has 0 aromatic heterocycles. The molecule has 8 nitrogen and oxygen atoms in total. The van der Waals surface area contributed by atoms with E-state index >= 15 is 0 Å². The summed E-state index contributed by atoms with van der Waals surface area (Å²) in [4.78, 5) is 40.9. The Morgan fingerprint density at radius 1 is 1.11 bits per heavy atom. The molecule has 0 spiro atoms. The average molecular weight is 400 g/mol. The largest absolute Gasteiger partial charge is 0.367 e. The third-order valence-electron chi connectivity index (χ3n) is 4.44. The minimum atomic E-state index is -1.54. The predicted molar refractivity (Wildman–Crippen MR) is 106 cm³/mol. The molecule has 0 saturated heterocycles. The summed E-state index contributed by atoms with van der Waals surface area (Å²) >= 11 is 6.04. The Balaban J connectivity index is 1.88. The Morgan fingerprint density at radius 3 is 2.39 bits per heavy atom. The van der Waals surface area contributed by atoms with Crippen LogP contribution in [0.15, 0.2) is 53.5 Å². The number of hydrogen-bond donors (Lipinski definition) is 4. The number of amides is 3. The minimum absolute atomic E-state index is 0.00430. The van der Waals surface area contributed by atoms with Crippen LogP contribution in [-0.4, -0.2) is 37.1 Å². The number of benzene rings is 2. The fourth-order valence-corrected chi connectivity index (χ4v) is 3.25. The molecule has 0 saturated carbocycles. The van der Waals surface area contributed by atoms with Gasteiger partial charge in [-0.3, -0.25) is 24.7 Å². The van der Waals surface area contributed by atoms with E-state index in [9.17, 15) is 14.4 Å². The van der Waals surface area contributed by atoms with Gasteiger partial charge in [0.05, 0.1) is 17.3 Å². The van der Waals surface area contributed by atoms with Crippen LogP contribution in [0.1, 0.15) is 15.9 Å². The van der Waals surface area contributed by atoms with E-state index < -0.39 is 17.4 Å². The van der Waals surface area contributed by atoms with Gasteiger partial charge in [0.25, 0.3) is 11.8 Å². The molecule has 2 aromatic rings. The van der Waals surface area contributed by atoms with Crippen molar-refractivity contribution in [2.75, 3.05) is 19.0 Å². The number of hydrogen-bond acceptors (Lipinski definition) is 5. The van der Waals surface area contributed by atoms with Crippen LogP contribution in [0, 0.1) is 0 Å². The highest BCUT2D eigenvalue weighted by Gasteiger charge is 2.49. The highest BCUT2D eigenvalue weighted by Crippen LogP contribution is 2.28. The van der Waals surface area contributed by atoms with Crippen LogP contribution in [0.5, 0.6) is 0 Å². The molecule has 0 aliphatic carbocycles. The number of anilines is 1. The lowest BCUT2D eigenvalue weighted by molar-refractivity contribution is -0.123. The summed E-state index contributed by atoms with van der Waals surface area (Å²) in [5.74, 6) is -1.62. The first-order chi connectivity index (χ1) is 13.4. The zero-order valence-electron chi connectivity index (χ0n) is 15.0. The van der Waals surface area contributed by atoms with E-state index in [0.29, 0.717) is 21.8 Å². The van der Waals surface area contributed by atoms with Gasteiger partial charge in [0, 0.05) is 12.7 Å². The summed E-state index contributed by atoms with van der Waals surface area (Å²) in [6, 6.07) is 13.1. The van der Waals surface area contributed by atoms with E-state index in [1.807, 2.05) is 0 Å². The first kappa shape index (κ1) is 19.5. The summed E-state index contributed by atoms with van der Waals surface area (Å²) in [6.07, 6.45) is 0. The lowest BCUT2D eigenvalue weighted by Crippen LogP contribution is -2.58. The Bertz CT molecular complexity index is 974. The average Bonchev–Trinajstić information content (AvgIpc) is 3.14. The second-order valence-electron chi connectivity index (χ2n) is 6.05. The monoisotopic (exact) mass is 399 g/mol. The maximum atomic E-state index is 12.4. The molecule has 1 aliphatic heterocycles. The summed E-state index contributed by atoms with van der Waals surface area (Å²) in [7, 11) is 1.45. The molecule has 0 fully saturated rings. The molecule has 1 aliphatic rings. The van der Waals surface area contributed by atoms with Crippen molar-refractivity contribution in [3.63, 3.8) is 0 Å². The highest BCUT2D eigenvalue weighted by atomic mass is 35.5. The van der Waals surface area contributed by atoms with Gasteiger partial charge in [-0.15, -0.1) is 0 Å². The van der Waals surface area contributed by atoms with E-state index in [4.69, 9.17) is 17.3 Å². The second-order valence-corrected chi connectivity index (χ2v) is 6.45. The van der Waals surface area contributed by atoms with Crippen molar-refractivity contribution in [2.24, 2.45) is 10.7 Å². The molecule has 144 valence electrons. The third kappa shape index (κ3) is 3.35. The smallest absolute Gasteiger partial charge is 0.267 e. The Kier molecular flexibility index (Phi) is 5.43. The molecule has 0 radical (unpaired) electrons. The van der Waals surface area contributed by atoms with Crippen LogP contribution in [0.4, 0.5) is 5.69 Å². The summed E-state index contributed by atoms with van der Waals surface area (Å²) in [5.41, 5.74) is 5.34. The number of primary amides is 1. The fraction of sp³-hybridized carbons (Fsp3) is 0.158. The van der Waals surface area contributed by atoms with E-state index in [-0.39, 0.29) is 18.3 Å². The molecule has 3 rings (SSSR count). The summed E-state index contributed by atoms with van der Waals surface area (Å²) < 4.78 is 0. The first-order valence-corrected chi connectivity index (χ1v) is 8.76. The Labute approximate surface area is 166 Å². The predicted octanol–water partition coefficient (Wildman–Crippen LogP) is 1.02. The van der Waals surface area contributed by atoms with E-state index in [2.05, 4.69) is 20.9 Å². The van der Waals surface area contributed by atoms with Crippen molar-refractivity contribution in [1.82, 2.24) is 10.6 Å². The number of nitrogens with two attached hydrogens (primary N) is 1. The number of carbonyl (C=O) groups excluding carboxylic acids is 3. The van der Waals surface area contributed by atoms with Crippen molar-refractivity contribution in [3.05, 3.63) is 64.7 Å². The zero-order valence-corrected chi connectivity index (χ0v) is 15.7. The van der Waals surface area contributed by atoms with Gasteiger partial charge >= 0.3 is 0 Å². The molecule has 2 aromatic carbocycles. The van der Waals surface area contributed by atoms with Crippen LogP contribution < -0.4 is 21.7 Å². The van der Waals surface area contributed by atoms with Crippen LogP contribution >= 0.6 is 11.6 Å². The van der Waals surface area contributed by atoms with E-state index in [1.165, 1.54) is 7.05 Å². The van der Waals surface area contributed by atoms with Gasteiger partial charge in [0.2, 0.25) is 5.91 Å². The highest BCUT2D eigenvalue weighted by molar-refractivity contribution is 6.47. The summed E-state index contributed by atoms with van der Waals surface area (Å²) in [6.45, 7) is 0.0800. The molecule has 0 bridgehead atoms. The lowest BCUT2D eigenvalue weighted by atomic mass is 9.84. The number of carbonyl (C=O) groups is 3. The second kappa shape index (κ2) is 7.79. The maximum Gasteiger partial charge on any atom is 0.267 e. The number of nitrogens with one attached hydrogen (secondary N) is 3. The molecule has 3 amide bonds. The third-order valence-corrected chi connectivity index (χ3v) is 4.77. The molecule has 28 heavy (non-hydrogen) atoms. The quantitative estimate of drug-likeness (QED) is 0.598. The Hall–Kier alpha value is -3.23. The van der Waals surface area contributed by atoms with Gasteiger partial charge in [-0.05, 0) is 29.8 Å². The van der Waals surface area contributed by atoms with Crippen molar-refractivity contribution < 1.29 is 14.4 Å². The fourth-order valence-electron chi connectivity index (χ4n) is 3.03. The van der Waals surface area contributed by atoms with Crippen LogP contribution in [-0.2, 0) is 15.1 Å². The first-order valence-electron chi connectivity index (χ1n) is 8.38. The van der Waals surface area contributed by atoms with Crippen molar-refractivity contribution in [1.29, 1.82) is 0 Å². The van der Waals surface area contributed by atoms with E-state index in [0.717, 1.165) is 0 Å². The lowest BCUT2D eigenvalue weighted by Gasteiger charge is -2.27. The molecule has 5 N–H and O–H groups in total. The van der Waals surface area contributed by atoms with Crippen molar-refractivity contribution in [2.45, 2.75) is 5.54 Å². The SMILES string of the molecule is CNC(=O)C1=NCNC1(C(N)=O)c1ccc(NC(=O)c2ccccc2Cl)cc1. The van der Waals surface area contributed by atoms with Gasteiger partial charge in [-0.2, -0.15) is 0 Å². The van der Waals surface area contributed by atoms with Gasteiger partial charge in [-0.1, -0.05) is 35.9 Å².